The number of benzene rings is 1. The van der Waals surface area contributed by atoms with E-state index in [-0.39, 0.29) is 17.6 Å². The third-order valence-electron chi connectivity index (χ3n) is 3.43. The van der Waals surface area contributed by atoms with Crippen molar-refractivity contribution in [3.05, 3.63) is 33.9 Å². The molecule has 1 aromatic carbocycles. The molecular weight excluding hydrogens is 290 g/mol. The summed E-state index contributed by atoms with van der Waals surface area (Å²) in [6.45, 7) is 0. The number of carbonyl (C=O) groups is 1. The predicted octanol–water partition coefficient (Wildman–Crippen LogP) is 2.60. The third-order valence-corrected chi connectivity index (χ3v) is 4.48. The van der Waals surface area contributed by atoms with Crippen LogP contribution < -0.4 is 5.32 Å². The van der Waals surface area contributed by atoms with Crippen molar-refractivity contribution < 1.29 is 9.72 Å². The summed E-state index contributed by atoms with van der Waals surface area (Å²) in [5.41, 5.74) is 0.782. The third kappa shape index (κ3) is 3.87. The van der Waals surface area contributed by atoms with Crippen molar-refractivity contribution in [2.45, 2.75) is 18.9 Å². The number of nitrogens with one attached hydrogen (secondary N) is 1. The first-order valence-corrected chi connectivity index (χ1v) is 7.99. The number of rotatable bonds is 4. The molecule has 21 heavy (non-hydrogen) atoms. The van der Waals surface area contributed by atoms with Gasteiger partial charge >= 0.3 is 0 Å². The second-order valence-electron chi connectivity index (χ2n) is 5.22. The normalized spacial score (nSPS) is 15.5. The van der Waals surface area contributed by atoms with E-state index in [0.717, 1.165) is 24.3 Å². The van der Waals surface area contributed by atoms with Crippen LogP contribution >= 0.6 is 11.8 Å². The highest BCUT2D eigenvalue weighted by Crippen LogP contribution is 2.29. The maximum absolute atomic E-state index is 11.9. The Hall–Kier alpha value is -1.76. The minimum atomic E-state index is -0.438. The van der Waals surface area contributed by atoms with Crippen LogP contribution in [0.25, 0.3) is 0 Å². The Labute approximate surface area is 128 Å². The number of nitro benzene ring substituents is 1. The smallest absolute Gasteiger partial charge is 0.293 e. The number of hydrogen-bond acceptors (Lipinski definition) is 5. The van der Waals surface area contributed by atoms with Crippen molar-refractivity contribution >= 4 is 29.0 Å². The van der Waals surface area contributed by atoms with Crippen molar-refractivity contribution in [2.75, 3.05) is 30.9 Å². The first-order valence-electron chi connectivity index (χ1n) is 6.83. The number of amides is 1. The molecule has 1 amide bonds. The zero-order valence-electron chi connectivity index (χ0n) is 12.2. The number of thioether (sulfide) groups is 1. The van der Waals surface area contributed by atoms with E-state index in [1.807, 2.05) is 11.8 Å². The van der Waals surface area contributed by atoms with E-state index in [9.17, 15) is 14.9 Å². The number of carbonyl (C=O) groups excluding carboxylic acids is 1. The molecule has 1 aliphatic rings. The van der Waals surface area contributed by atoms with Gasteiger partial charge < -0.3 is 10.2 Å². The lowest BCUT2D eigenvalue weighted by molar-refractivity contribution is -0.384. The summed E-state index contributed by atoms with van der Waals surface area (Å²) in [4.78, 5) is 24.1. The fourth-order valence-electron chi connectivity index (χ4n) is 2.26. The van der Waals surface area contributed by atoms with Crippen LogP contribution in [0.4, 0.5) is 11.4 Å². The minimum absolute atomic E-state index is 0.0408. The van der Waals surface area contributed by atoms with Crippen LogP contribution in [0.1, 0.15) is 23.2 Å². The molecule has 1 saturated heterocycles. The molecule has 1 aromatic rings. The zero-order valence-corrected chi connectivity index (χ0v) is 13.0. The zero-order chi connectivity index (χ0) is 15.4. The van der Waals surface area contributed by atoms with Crippen LogP contribution in [-0.2, 0) is 0 Å². The topological polar surface area (TPSA) is 75.5 Å². The van der Waals surface area contributed by atoms with E-state index in [2.05, 4.69) is 5.32 Å². The molecule has 0 spiro atoms. The van der Waals surface area contributed by atoms with Crippen molar-refractivity contribution in [2.24, 2.45) is 0 Å². The number of nitrogens with zero attached hydrogens (tertiary/aromatic N) is 2. The molecule has 0 aliphatic carbocycles. The average Bonchev–Trinajstić information content (AvgIpc) is 2.47. The molecule has 1 heterocycles. The quantitative estimate of drug-likeness (QED) is 0.683. The molecule has 2 rings (SSSR count). The highest BCUT2D eigenvalue weighted by atomic mass is 32.2. The first-order chi connectivity index (χ1) is 9.99. The van der Waals surface area contributed by atoms with E-state index in [1.165, 1.54) is 11.0 Å². The summed E-state index contributed by atoms with van der Waals surface area (Å²) in [5.74, 6) is 1.91. The molecule has 6 nitrogen and oxygen atoms in total. The molecule has 1 N–H and O–H groups in total. The standard InChI is InChI=1S/C14H19N3O3S/c1-16(2)14(18)10-3-4-12(13(9-10)17(19)20)15-11-5-7-21-8-6-11/h3-4,9,11,15H,5-8H2,1-2H3. The summed E-state index contributed by atoms with van der Waals surface area (Å²) in [6, 6.07) is 4.88. The second-order valence-corrected chi connectivity index (χ2v) is 6.44. The summed E-state index contributed by atoms with van der Waals surface area (Å²) >= 11 is 1.91. The summed E-state index contributed by atoms with van der Waals surface area (Å²) < 4.78 is 0. The van der Waals surface area contributed by atoms with Gasteiger partial charge in [0.2, 0.25) is 0 Å². The Morgan fingerprint density at radius 2 is 2.05 bits per heavy atom. The van der Waals surface area contributed by atoms with Gasteiger partial charge in [-0.25, -0.2) is 0 Å². The van der Waals surface area contributed by atoms with Crippen molar-refractivity contribution in [1.82, 2.24) is 4.90 Å². The van der Waals surface area contributed by atoms with Crippen LogP contribution in [0.3, 0.4) is 0 Å². The number of anilines is 1. The largest absolute Gasteiger partial charge is 0.377 e. The Morgan fingerprint density at radius 3 is 2.62 bits per heavy atom. The molecule has 0 atom stereocenters. The van der Waals surface area contributed by atoms with Gasteiger partial charge in [-0.05, 0) is 36.5 Å². The molecule has 0 bridgehead atoms. The van der Waals surface area contributed by atoms with Crippen LogP contribution in [0.15, 0.2) is 18.2 Å². The SMILES string of the molecule is CN(C)C(=O)c1ccc(NC2CCSCC2)c([N+](=O)[O-])c1. The lowest BCUT2D eigenvalue weighted by atomic mass is 10.1. The van der Waals surface area contributed by atoms with E-state index < -0.39 is 4.92 Å². The molecule has 0 aromatic heterocycles. The minimum Gasteiger partial charge on any atom is -0.377 e. The van der Waals surface area contributed by atoms with Gasteiger partial charge in [-0.2, -0.15) is 11.8 Å². The van der Waals surface area contributed by atoms with Crippen molar-refractivity contribution in [3.8, 4) is 0 Å². The monoisotopic (exact) mass is 309 g/mol. The summed E-state index contributed by atoms with van der Waals surface area (Å²) in [5, 5.41) is 14.5. The molecule has 0 saturated carbocycles. The predicted molar refractivity (Wildman–Crippen MR) is 85.1 cm³/mol. The van der Waals surface area contributed by atoms with Crippen LogP contribution in [0, 0.1) is 10.1 Å². The van der Waals surface area contributed by atoms with Gasteiger partial charge in [0.1, 0.15) is 5.69 Å². The molecule has 7 heteroatoms. The average molecular weight is 309 g/mol. The lowest BCUT2D eigenvalue weighted by Gasteiger charge is -2.23. The van der Waals surface area contributed by atoms with Gasteiger partial charge in [-0.1, -0.05) is 0 Å². The highest BCUT2D eigenvalue weighted by Gasteiger charge is 2.21. The second kappa shape index (κ2) is 6.80. The summed E-state index contributed by atoms with van der Waals surface area (Å²) in [7, 11) is 3.25. The molecule has 0 unspecified atom stereocenters. The first kappa shape index (κ1) is 15.6. The maximum atomic E-state index is 11.9. The Balaban J connectivity index is 2.24. The Morgan fingerprint density at radius 1 is 1.38 bits per heavy atom. The van der Waals surface area contributed by atoms with Crippen LogP contribution in [0.5, 0.6) is 0 Å². The Kier molecular flexibility index (Phi) is 5.06. The van der Waals surface area contributed by atoms with Gasteiger partial charge in [-0.3, -0.25) is 14.9 Å². The van der Waals surface area contributed by atoms with E-state index in [0.29, 0.717) is 11.3 Å². The molecule has 1 fully saturated rings. The fraction of sp³-hybridized carbons (Fsp3) is 0.500. The maximum Gasteiger partial charge on any atom is 0.293 e. The Bertz CT molecular complexity index is 542. The molecule has 114 valence electrons. The van der Waals surface area contributed by atoms with Gasteiger partial charge in [-0.15, -0.1) is 0 Å². The van der Waals surface area contributed by atoms with Crippen LogP contribution in [-0.4, -0.2) is 47.4 Å². The van der Waals surface area contributed by atoms with Crippen molar-refractivity contribution in [3.63, 3.8) is 0 Å². The van der Waals surface area contributed by atoms with Gasteiger partial charge in [0.25, 0.3) is 11.6 Å². The van der Waals surface area contributed by atoms with Gasteiger partial charge in [0, 0.05) is 31.8 Å². The van der Waals surface area contributed by atoms with Gasteiger partial charge in [0.05, 0.1) is 4.92 Å². The summed E-state index contributed by atoms with van der Waals surface area (Å²) in [6.07, 6.45) is 2.00. The number of hydrogen-bond donors (Lipinski definition) is 1. The number of nitro groups is 1. The van der Waals surface area contributed by atoms with E-state index in [4.69, 9.17) is 0 Å². The van der Waals surface area contributed by atoms with Gasteiger partial charge in [0.15, 0.2) is 0 Å². The van der Waals surface area contributed by atoms with Crippen LogP contribution in [0.2, 0.25) is 0 Å². The lowest BCUT2D eigenvalue weighted by Crippen LogP contribution is -2.25. The highest BCUT2D eigenvalue weighted by molar-refractivity contribution is 7.99. The van der Waals surface area contributed by atoms with E-state index >= 15 is 0 Å². The molecule has 1 aliphatic heterocycles. The molecule has 0 radical (unpaired) electrons. The molecular formula is C14H19N3O3S. The fourth-order valence-corrected chi connectivity index (χ4v) is 3.36. The van der Waals surface area contributed by atoms with E-state index in [1.54, 1.807) is 26.2 Å². The van der Waals surface area contributed by atoms with Crippen molar-refractivity contribution in [1.29, 1.82) is 0 Å².